The predicted octanol–water partition coefficient (Wildman–Crippen LogP) is 0.947. The van der Waals surface area contributed by atoms with Crippen molar-refractivity contribution in [2.45, 2.75) is 13.0 Å². The summed E-state index contributed by atoms with van der Waals surface area (Å²) in [6.07, 6.45) is 2.08. The fourth-order valence-electron chi connectivity index (χ4n) is 0.832. The third-order valence-electron chi connectivity index (χ3n) is 1.50. The molecule has 1 rings (SSSR count). The maximum atomic E-state index is 9.11. The van der Waals surface area contributed by atoms with E-state index in [0.717, 1.165) is 5.56 Å². The summed E-state index contributed by atoms with van der Waals surface area (Å²) in [5.41, 5.74) is 1.46. The lowest BCUT2D eigenvalue weighted by atomic mass is 10.1. The second kappa shape index (κ2) is 3.13. The highest BCUT2D eigenvalue weighted by Gasteiger charge is 2.07. The van der Waals surface area contributed by atoms with Gasteiger partial charge in [0, 0.05) is 18.0 Å². The van der Waals surface area contributed by atoms with E-state index in [-0.39, 0.29) is 0 Å². The fraction of sp³-hybridized carbons (Fsp3) is 0.250. The van der Waals surface area contributed by atoms with E-state index >= 15 is 0 Å². The first-order chi connectivity index (χ1) is 5.25. The number of nitriles is 1. The van der Waals surface area contributed by atoms with Crippen molar-refractivity contribution in [3.8, 4) is 6.07 Å². The molecule has 0 aliphatic heterocycles. The molecule has 3 nitrogen and oxygen atoms in total. The van der Waals surface area contributed by atoms with Gasteiger partial charge >= 0.3 is 0 Å². The Balaban J connectivity index is 3.05. The van der Waals surface area contributed by atoms with Crippen molar-refractivity contribution in [1.29, 1.82) is 5.26 Å². The summed E-state index contributed by atoms with van der Waals surface area (Å²) >= 11 is 0. The van der Waals surface area contributed by atoms with Gasteiger partial charge in [0.2, 0.25) is 0 Å². The number of aromatic nitrogens is 1. The van der Waals surface area contributed by atoms with Crippen molar-refractivity contribution >= 4 is 0 Å². The van der Waals surface area contributed by atoms with Crippen LogP contribution < -0.4 is 0 Å². The monoisotopic (exact) mass is 148 g/mol. The van der Waals surface area contributed by atoms with Crippen LogP contribution in [0, 0.1) is 18.3 Å². The molecule has 1 aromatic heterocycles. The minimum atomic E-state index is -1.05. The van der Waals surface area contributed by atoms with E-state index in [2.05, 4.69) is 4.98 Å². The molecule has 1 heterocycles. The maximum Gasteiger partial charge on any atom is 0.167 e. The number of aliphatic hydroxyl groups is 1. The lowest BCUT2D eigenvalue weighted by Crippen LogP contribution is -1.96. The normalized spacial score (nSPS) is 12.1. The molecule has 0 aliphatic rings. The van der Waals surface area contributed by atoms with E-state index in [0.29, 0.717) is 5.56 Å². The number of pyridine rings is 1. The Bertz CT molecular complexity index is 290. The summed E-state index contributed by atoms with van der Waals surface area (Å²) in [5.74, 6) is 0. The third kappa shape index (κ3) is 1.54. The molecule has 0 saturated carbocycles. The van der Waals surface area contributed by atoms with Crippen LogP contribution >= 0.6 is 0 Å². The van der Waals surface area contributed by atoms with Gasteiger partial charge in [0.15, 0.2) is 6.10 Å². The Morgan fingerprint density at radius 2 is 2.45 bits per heavy atom. The zero-order valence-corrected chi connectivity index (χ0v) is 6.15. The topological polar surface area (TPSA) is 56.9 Å². The molecule has 0 bridgehead atoms. The highest BCUT2D eigenvalue weighted by atomic mass is 16.3. The lowest BCUT2D eigenvalue weighted by Gasteiger charge is -2.03. The second-order valence-corrected chi connectivity index (χ2v) is 2.26. The van der Waals surface area contributed by atoms with Crippen LogP contribution in [0.5, 0.6) is 0 Å². The Morgan fingerprint density at radius 3 is 3.00 bits per heavy atom. The van der Waals surface area contributed by atoms with Crippen LogP contribution in [0.15, 0.2) is 18.5 Å². The molecule has 1 atom stereocenters. The molecule has 0 amide bonds. The van der Waals surface area contributed by atoms with Crippen LogP contribution in [0.25, 0.3) is 0 Å². The minimum Gasteiger partial charge on any atom is -0.374 e. The first kappa shape index (κ1) is 7.70. The van der Waals surface area contributed by atoms with Crippen molar-refractivity contribution in [3.05, 3.63) is 29.6 Å². The number of aryl methyl sites for hydroxylation is 1. The average molecular weight is 148 g/mol. The summed E-state index contributed by atoms with van der Waals surface area (Å²) in [6.45, 7) is 1.83. The molecular weight excluding hydrogens is 140 g/mol. The van der Waals surface area contributed by atoms with Gasteiger partial charge in [-0.15, -0.1) is 0 Å². The molecule has 0 saturated heterocycles. The molecule has 11 heavy (non-hydrogen) atoms. The lowest BCUT2D eigenvalue weighted by molar-refractivity contribution is 0.234. The van der Waals surface area contributed by atoms with Crippen molar-refractivity contribution in [1.82, 2.24) is 4.98 Å². The van der Waals surface area contributed by atoms with Gasteiger partial charge in [-0.25, -0.2) is 0 Å². The van der Waals surface area contributed by atoms with Gasteiger partial charge in [-0.05, 0) is 18.6 Å². The van der Waals surface area contributed by atoms with Gasteiger partial charge in [0.1, 0.15) is 0 Å². The largest absolute Gasteiger partial charge is 0.374 e. The highest BCUT2D eigenvalue weighted by molar-refractivity contribution is 5.26. The van der Waals surface area contributed by atoms with Gasteiger partial charge in [0.25, 0.3) is 0 Å². The Kier molecular flexibility index (Phi) is 2.19. The van der Waals surface area contributed by atoms with Crippen molar-refractivity contribution < 1.29 is 5.11 Å². The van der Waals surface area contributed by atoms with Gasteiger partial charge in [0.05, 0.1) is 6.07 Å². The van der Waals surface area contributed by atoms with E-state index in [1.807, 2.05) is 6.92 Å². The summed E-state index contributed by atoms with van der Waals surface area (Å²) in [6, 6.07) is 3.50. The number of aliphatic hydroxyl groups excluding tert-OH is 1. The molecular formula is C8H8N2O. The molecule has 1 unspecified atom stereocenters. The first-order valence-electron chi connectivity index (χ1n) is 3.24. The Labute approximate surface area is 64.9 Å². The maximum absolute atomic E-state index is 9.11. The third-order valence-corrected chi connectivity index (χ3v) is 1.50. The molecule has 1 aromatic rings. The Morgan fingerprint density at radius 1 is 1.73 bits per heavy atom. The SMILES string of the molecule is Cc1ccncc1C(O)C#N. The average Bonchev–Trinajstić information content (AvgIpc) is 2.04. The molecule has 0 spiro atoms. The molecule has 0 radical (unpaired) electrons. The Hall–Kier alpha value is -1.40. The van der Waals surface area contributed by atoms with Gasteiger partial charge in [-0.1, -0.05) is 0 Å². The van der Waals surface area contributed by atoms with Crippen LogP contribution in [0.3, 0.4) is 0 Å². The van der Waals surface area contributed by atoms with Crippen molar-refractivity contribution in [2.75, 3.05) is 0 Å². The zero-order valence-electron chi connectivity index (χ0n) is 6.15. The number of hydrogen-bond donors (Lipinski definition) is 1. The molecule has 0 aromatic carbocycles. The summed E-state index contributed by atoms with van der Waals surface area (Å²) in [5, 5.41) is 17.5. The van der Waals surface area contributed by atoms with Crippen LogP contribution in [0.1, 0.15) is 17.2 Å². The minimum absolute atomic E-state index is 0.579. The van der Waals surface area contributed by atoms with E-state index in [1.54, 1.807) is 18.3 Å². The summed E-state index contributed by atoms with van der Waals surface area (Å²) in [7, 11) is 0. The van der Waals surface area contributed by atoms with Crippen LogP contribution in [0.2, 0.25) is 0 Å². The van der Waals surface area contributed by atoms with Gasteiger partial charge in [-0.3, -0.25) is 4.98 Å². The zero-order chi connectivity index (χ0) is 8.27. The second-order valence-electron chi connectivity index (χ2n) is 2.26. The number of rotatable bonds is 1. The quantitative estimate of drug-likeness (QED) is 0.603. The van der Waals surface area contributed by atoms with Crippen molar-refractivity contribution in [2.24, 2.45) is 0 Å². The molecule has 1 N–H and O–H groups in total. The predicted molar refractivity (Wildman–Crippen MR) is 39.5 cm³/mol. The van der Waals surface area contributed by atoms with E-state index < -0.39 is 6.10 Å². The van der Waals surface area contributed by atoms with Gasteiger partial charge in [-0.2, -0.15) is 5.26 Å². The van der Waals surface area contributed by atoms with Crippen LogP contribution in [-0.4, -0.2) is 10.1 Å². The summed E-state index contributed by atoms with van der Waals surface area (Å²) < 4.78 is 0. The number of nitrogens with zero attached hydrogens (tertiary/aromatic N) is 2. The van der Waals surface area contributed by atoms with Gasteiger partial charge < -0.3 is 5.11 Å². The van der Waals surface area contributed by atoms with Crippen molar-refractivity contribution in [3.63, 3.8) is 0 Å². The standard InChI is InChI=1S/C8H8N2O/c1-6-2-3-10-5-7(6)8(11)4-9/h2-3,5,8,11H,1H3. The molecule has 56 valence electrons. The van der Waals surface area contributed by atoms with E-state index in [9.17, 15) is 0 Å². The first-order valence-corrected chi connectivity index (χ1v) is 3.24. The molecule has 3 heteroatoms. The molecule has 0 fully saturated rings. The van der Waals surface area contributed by atoms with E-state index in [1.165, 1.54) is 6.20 Å². The van der Waals surface area contributed by atoms with E-state index in [4.69, 9.17) is 10.4 Å². The van der Waals surface area contributed by atoms with Crippen LogP contribution in [0.4, 0.5) is 0 Å². The number of hydrogen-bond acceptors (Lipinski definition) is 3. The highest BCUT2D eigenvalue weighted by Crippen LogP contribution is 2.13. The summed E-state index contributed by atoms with van der Waals surface area (Å²) in [4.78, 5) is 3.80. The fourth-order valence-corrected chi connectivity index (χ4v) is 0.832. The smallest absolute Gasteiger partial charge is 0.167 e. The molecule has 0 aliphatic carbocycles. The van der Waals surface area contributed by atoms with Crippen LogP contribution in [-0.2, 0) is 0 Å².